The van der Waals surface area contributed by atoms with Crippen LogP contribution in [-0.2, 0) is 4.79 Å². The summed E-state index contributed by atoms with van der Waals surface area (Å²) in [6.07, 6.45) is 0. The molecule has 0 aliphatic rings. The Morgan fingerprint density at radius 1 is 1.44 bits per heavy atom. The maximum atomic E-state index is 11.7. The van der Waals surface area contributed by atoms with Crippen LogP contribution >= 0.6 is 15.9 Å². The number of nitrogens with two attached hydrogens (primary N) is 1. The third-order valence-electron chi connectivity index (χ3n) is 2.30. The van der Waals surface area contributed by atoms with Crippen LogP contribution in [0.5, 0.6) is 0 Å². The zero-order valence-electron chi connectivity index (χ0n) is 9.75. The Balaban J connectivity index is 2.78. The molecule has 0 saturated carbocycles. The fourth-order valence-corrected chi connectivity index (χ4v) is 1.91. The lowest BCUT2D eigenvalue weighted by Gasteiger charge is -2.22. The maximum absolute atomic E-state index is 11.7. The lowest BCUT2D eigenvalue weighted by atomic mass is 10.0. The van der Waals surface area contributed by atoms with Crippen LogP contribution in [0.3, 0.4) is 0 Å². The van der Waals surface area contributed by atoms with Crippen molar-refractivity contribution in [2.75, 3.05) is 0 Å². The number of benzene rings is 1. The SMILES string of the molecule is C[C@@H](NC(=O)C(C)(C)N)c1ccccc1Br. The van der Waals surface area contributed by atoms with Crippen LogP contribution in [-0.4, -0.2) is 11.4 Å². The van der Waals surface area contributed by atoms with Crippen molar-refractivity contribution in [2.24, 2.45) is 5.73 Å². The molecule has 1 atom stereocenters. The Hall–Kier alpha value is -0.870. The largest absolute Gasteiger partial charge is 0.348 e. The van der Waals surface area contributed by atoms with Crippen LogP contribution in [0.4, 0.5) is 0 Å². The molecule has 4 heteroatoms. The first-order chi connectivity index (χ1) is 7.32. The molecule has 0 unspecified atom stereocenters. The third kappa shape index (κ3) is 3.32. The van der Waals surface area contributed by atoms with Crippen LogP contribution in [0, 0.1) is 0 Å². The Kier molecular flexibility index (Phi) is 4.10. The zero-order chi connectivity index (χ0) is 12.3. The molecular weight excluding hydrogens is 268 g/mol. The van der Waals surface area contributed by atoms with E-state index in [-0.39, 0.29) is 11.9 Å². The molecule has 0 aliphatic heterocycles. The summed E-state index contributed by atoms with van der Waals surface area (Å²) in [4.78, 5) is 11.7. The molecule has 16 heavy (non-hydrogen) atoms. The molecule has 1 rings (SSSR count). The quantitative estimate of drug-likeness (QED) is 0.895. The first-order valence-electron chi connectivity index (χ1n) is 5.16. The fourth-order valence-electron chi connectivity index (χ4n) is 1.29. The molecule has 0 radical (unpaired) electrons. The van der Waals surface area contributed by atoms with Crippen molar-refractivity contribution < 1.29 is 4.79 Å². The van der Waals surface area contributed by atoms with E-state index in [1.807, 2.05) is 31.2 Å². The Morgan fingerprint density at radius 2 is 2.00 bits per heavy atom. The van der Waals surface area contributed by atoms with E-state index in [2.05, 4.69) is 21.2 Å². The molecule has 88 valence electrons. The van der Waals surface area contributed by atoms with Gasteiger partial charge in [0.05, 0.1) is 11.6 Å². The van der Waals surface area contributed by atoms with Gasteiger partial charge in [-0.1, -0.05) is 34.1 Å². The predicted molar refractivity (Wildman–Crippen MR) is 69.0 cm³/mol. The van der Waals surface area contributed by atoms with Crippen LogP contribution in [0.15, 0.2) is 28.7 Å². The van der Waals surface area contributed by atoms with Gasteiger partial charge in [-0.15, -0.1) is 0 Å². The van der Waals surface area contributed by atoms with Gasteiger partial charge >= 0.3 is 0 Å². The van der Waals surface area contributed by atoms with Gasteiger partial charge in [0.1, 0.15) is 0 Å². The van der Waals surface area contributed by atoms with Crippen LogP contribution in [0.2, 0.25) is 0 Å². The highest BCUT2D eigenvalue weighted by atomic mass is 79.9. The van der Waals surface area contributed by atoms with E-state index in [1.54, 1.807) is 13.8 Å². The molecule has 0 bridgehead atoms. The minimum absolute atomic E-state index is 0.0640. The average molecular weight is 285 g/mol. The van der Waals surface area contributed by atoms with Gasteiger partial charge in [-0.3, -0.25) is 4.79 Å². The number of rotatable bonds is 3. The first-order valence-corrected chi connectivity index (χ1v) is 5.96. The molecule has 0 saturated heterocycles. The predicted octanol–water partition coefficient (Wildman–Crippen LogP) is 2.36. The number of amides is 1. The standard InChI is InChI=1S/C12H17BrN2O/c1-8(15-11(16)12(2,3)14)9-6-4-5-7-10(9)13/h4-8H,14H2,1-3H3,(H,15,16)/t8-/m1/s1. The molecule has 3 N–H and O–H groups in total. The molecule has 3 nitrogen and oxygen atoms in total. The van der Waals surface area contributed by atoms with E-state index in [0.29, 0.717) is 0 Å². The normalized spacial score (nSPS) is 13.3. The number of carbonyl (C=O) groups is 1. The monoisotopic (exact) mass is 284 g/mol. The van der Waals surface area contributed by atoms with Gasteiger partial charge in [-0.25, -0.2) is 0 Å². The number of hydrogen-bond acceptors (Lipinski definition) is 2. The second kappa shape index (κ2) is 4.97. The highest BCUT2D eigenvalue weighted by molar-refractivity contribution is 9.10. The van der Waals surface area contributed by atoms with Gasteiger partial charge in [-0.2, -0.15) is 0 Å². The van der Waals surface area contributed by atoms with Crippen molar-refractivity contribution in [2.45, 2.75) is 32.4 Å². The molecule has 1 aromatic rings. The summed E-state index contributed by atoms with van der Waals surface area (Å²) in [5.74, 6) is -0.157. The second-order valence-corrected chi connectivity index (χ2v) is 5.29. The summed E-state index contributed by atoms with van der Waals surface area (Å²) in [6, 6.07) is 7.74. The molecule has 1 amide bonds. The smallest absolute Gasteiger partial charge is 0.239 e. The van der Waals surface area contributed by atoms with Gasteiger partial charge in [0.2, 0.25) is 5.91 Å². The summed E-state index contributed by atoms with van der Waals surface area (Å²) < 4.78 is 0.984. The van der Waals surface area contributed by atoms with E-state index in [9.17, 15) is 4.79 Å². The average Bonchev–Trinajstić information content (AvgIpc) is 2.16. The van der Waals surface area contributed by atoms with E-state index in [0.717, 1.165) is 10.0 Å². The topological polar surface area (TPSA) is 55.1 Å². The van der Waals surface area contributed by atoms with Crippen molar-refractivity contribution in [1.29, 1.82) is 0 Å². The Labute approximate surface area is 105 Å². The first kappa shape index (κ1) is 13.2. The summed E-state index contributed by atoms with van der Waals surface area (Å²) in [7, 11) is 0. The molecule has 1 aromatic carbocycles. The zero-order valence-corrected chi connectivity index (χ0v) is 11.3. The van der Waals surface area contributed by atoms with Crippen LogP contribution in [0.25, 0.3) is 0 Å². The maximum Gasteiger partial charge on any atom is 0.239 e. The summed E-state index contributed by atoms with van der Waals surface area (Å²) in [5, 5.41) is 2.88. The van der Waals surface area contributed by atoms with Gasteiger partial charge in [0.15, 0.2) is 0 Å². The lowest BCUT2D eigenvalue weighted by Crippen LogP contribution is -2.49. The lowest BCUT2D eigenvalue weighted by molar-refractivity contribution is -0.125. The summed E-state index contributed by atoms with van der Waals surface area (Å²) >= 11 is 3.45. The molecule has 0 heterocycles. The molecule has 0 aromatic heterocycles. The molecule has 0 fully saturated rings. The van der Waals surface area contributed by atoms with Gasteiger partial charge in [-0.05, 0) is 32.4 Å². The molecule has 0 spiro atoms. The van der Waals surface area contributed by atoms with Gasteiger partial charge < -0.3 is 11.1 Å². The highest BCUT2D eigenvalue weighted by Gasteiger charge is 2.23. The molecule has 0 aliphatic carbocycles. The van der Waals surface area contributed by atoms with Crippen molar-refractivity contribution in [3.63, 3.8) is 0 Å². The van der Waals surface area contributed by atoms with E-state index in [4.69, 9.17) is 5.73 Å². The van der Waals surface area contributed by atoms with E-state index >= 15 is 0 Å². The second-order valence-electron chi connectivity index (χ2n) is 4.44. The highest BCUT2D eigenvalue weighted by Crippen LogP contribution is 2.22. The van der Waals surface area contributed by atoms with Crippen molar-refractivity contribution in [1.82, 2.24) is 5.32 Å². The van der Waals surface area contributed by atoms with Crippen LogP contribution < -0.4 is 11.1 Å². The van der Waals surface area contributed by atoms with Crippen molar-refractivity contribution in [3.05, 3.63) is 34.3 Å². The van der Waals surface area contributed by atoms with Gasteiger partial charge in [0.25, 0.3) is 0 Å². The van der Waals surface area contributed by atoms with Crippen molar-refractivity contribution >= 4 is 21.8 Å². The number of hydrogen-bond donors (Lipinski definition) is 2. The summed E-state index contributed by atoms with van der Waals surface area (Å²) in [5.41, 5.74) is 5.91. The number of carbonyl (C=O) groups excluding carboxylic acids is 1. The third-order valence-corrected chi connectivity index (χ3v) is 3.03. The van der Waals surface area contributed by atoms with E-state index < -0.39 is 5.54 Å². The Morgan fingerprint density at radius 3 is 2.50 bits per heavy atom. The number of halogens is 1. The minimum atomic E-state index is -0.852. The van der Waals surface area contributed by atoms with E-state index in [1.165, 1.54) is 0 Å². The number of nitrogens with one attached hydrogen (secondary N) is 1. The summed E-state index contributed by atoms with van der Waals surface area (Å²) in [6.45, 7) is 5.31. The molecular formula is C12H17BrN2O. The Bertz CT molecular complexity index is 385. The van der Waals surface area contributed by atoms with Crippen molar-refractivity contribution in [3.8, 4) is 0 Å². The minimum Gasteiger partial charge on any atom is -0.348 e. The van der Waals surface area contributed by atoms with Crippen LogP contribution in [0.1, 0.15) is 32.4 Å². The fraction of sp³-hybridized carbons (Fsp3) is 0.417. The van der Waals surface area contributed by atoms with Gasteiger partial charge in [0, 0.05) is 4.47 Å².